The fourth-order valence-corrected chi connectivity index (χ4v) is 2.44. The highest BCUT2D eigenvalue weighted by Crippen LogP contribution is 2.27. The van der Waals surface area contributed by atoms with Crippen molar-refractivity contribution in [2.45, 2.75) is 0 Å². The third-order valence-corrected chi connectivity index (χ3v) is 3.86. The number of nitro groups is 1. The van der Waals surface area contributed by atoms with Crippen LogP contribution in [-0.4, -0.2) is 15.9 Å². The van der Waals surface area contributed by atoms with Crippen molar-refractivity contribution in [2.75, 3.05) is 5.32 Å². The van der Waals surface area contributed by atoms with Gasteiger partial charge in [0.1, 0.15) is 0 Å². The van der Waals surface area contributed by atoms with Crippen LogP contribution in [0.25, 0.3) is 0 Å². The molecule has 0 bridgehead atoms. The number of nitro benzene ring substituents is 1. The summed E-state index contributed by atoms with van der Waals surface area (Å²) >= 11 is 14.0. The van der Waals surface area contributed by atoms with E-state index < -0.39 is 10.8 Å². The summed E-state index contributed by atoms with van der Waals surface area (Å²) in [6, 6.07) is 10.5. The average molecular weight is 415 g/mol. The molecule has 2 N–H and O–H groups in total. The number of anilines is 1. The van der Waals surface area contributed by atoms with E-state index in [0.717, 1.165) is 0 Å². The number of hydrogen-bond acceptors (Lipinski definition) is 4. The number of amides is 1. The first-order valence-electron chi connectivity index (χ1n) is 6.18. The van der Waals surface area contributed by atoms with Gasteiger partial charge in [-0.2, -0.15) is 0 Å². The molecule has 118 valence electrons. The van der Waals surface area contributed by atoms with Gasteiger partial charge in [0.05, 0.1) is 10.6 Å². The maximum atomic E-state index is 12.0. The van der Waals surface area contributed by atoms with Crippen molar-refractivity contribution in [2.24, 2.45) is 0 Å². The van der Waals surface area contributed by atoms with Crippen LogP contribution < -0.4 is 10.6 Å². The standard InChI is InChI=1S/C14H9BrClN3O3S/c15-11-7-10(19(21)22)5-6-12(11)17-14(23)18-13(20)8-1-3-9(16)4-2-8/h1-7H,(H2,17,18,20,23). The van der Waals surface area contributed by atoms with Gasteiger partial charge in [-0.1, -0.05) is 11.6 Å². The lowest BCUT2D eigenvalue weighted by molar-refractivity contribution is -0.384. The molecule has 9 heteroatoms. The second-order valence-electron chi connectivity index (χ2n) is 4.34. The van der Waals surface area contributed by atoms with Gasteiger partial charge in [-0.05, 0) is 58.5 Å². The van der Waals surface area contributed by atoms with E-state index in [2.05, 4.69) is 26.6 Å². The van der Waals surface area contributed by atoms with Gasteiger partial charge in [0, 0.05) is 27.2 Å². The molecule has 2 rings (SSSR count). The summed E-state index contributed by atoms with van der Waals surface area (Å²) in [4.78, 5) is 22.2. The van der Waals surface area contributed by atoms with E-state index in [9.17, 15) is 14.9 Å². The Morgan fingerprint density at radius 3 is 2.43 bits per heavy atom. The van der Waals surface area contributed by atoms with Crippen molar-refractivity contribution in [1.82, 2.24) is 5.32 Å². The van der Waals surface area contributed by atoms with E-state index in [4.69, 9.17) is 23.8 Å². The third kappa shape index (κ3) is 4.72. The lowest BCUT2D eigenvalue weighted by Crippen LogP contribution is -2.34. The zero-order valence-corrected chi connectivity index (χ0v) is 14.5. The fraction of sp³-hybridized carbons (Fsp3) is 0. The van der Waals surface area contributed by atoms with Gasteiger partial charge >= 0.3 is 0 Å². The summed E-state index contributed by atoms with van der Waals surface area (Å²) in [5.41, 5.74) is 0.844. The minimum Gasteiger partial charge on any atom is -0.331 e. The zero-order valence-electron chi connectivity index (χ0n) is 11.4. The summed E-state index contributed by atoms with van der Waals surface area (Å²) in [6.07, 6.45) is 0. The SMILES string of the molecule is O=C(NC(=S)Nc1ccc([N+](=O)[O-])cc1Br)c1ccc(Cl)cc1. The topological polar surface area (TPSA) is 84.3 Å². The molecule has 6 nitrogen and oxygen atoms in total. The molecule has 2 aromatic carbocycles. The Morgan fingerprint density at radius 2 is 1.87 bits per heavy atom. The van der Waals surface area contributed by atoms with Gasteiger partial charge in [-0.15, -0.1) is 0 Å². The van der Waals surface area contributed by atoms with E-state index in [1.165, 1.54) is 18.2 Å². The first-order chi connectivity index (χ1) is 10.9. The molecular weight excluding hydrogens is 406 g/mol. The Kier molecular flexibility index (Phi) is 5.64. The number of halogens is 2. The van der Waals surface area contributed by atoms with Crippen molar-refractivity contribution < 1.29 is 9.72 Å². The van der Waals surface area contributed by atoms with E-state index in [1.807, 2.05) is 0 Å². The minimum absolute atomic E-state index is 0.0569. The smallest absolute Gasteiger partial charge is 0.270 e. The molecule has 0 atom stereocenters. The molecule has 0 aromatic heterocycles. The van der Waals surface area contributed by atoms with Gasteiger partial charge in [0.15, 0.2) is 5.11 Å². The normalized spacial score (nSPS) is 10.0. The van der Waals surface area contributed by atoms with Gasteiger partial charge in [-0.25, -0.2) is 0 Å². The molecule has 0 aliphatic carbocycles. The predicted octanol–water partition coefficient (Wildman–Crippen LogP) is 4.14. The van der Waals surface area contributed by atoms with Gasteiger partial charge in [0.25, 0.3) is 11.6 Å². The number of carbonyl (C=O) groups is 1. The molecule has 1 amide bonds. The van der Waals surface area contributed by atoms with Gasteiger partial charge in [0.2, 0.25) is 0 Å². The number of non-ortho nitro benzene ring substituents is 1. The highest BCUT2D eigenvalue weighted by atomic mass is 79.9. The molecule has 0 radical (unpaired) electrons. The Bertz CT molecular complexity index is 783. The van der Waals surface area contributed by atoms with Crippen molar-refractivity contribution >= 4 is 62.1 Å². The van der Waals surface area contributed by atoms with Crippen LogP contribution in [0.15, 0.2) is 46.9 Å². The summed E-state index contributed by atoms with van der Waals surface area (Å²) in [5.74, 6) is -0.391. The monoisotopic (exact) mass is 413 g/mol. The van der Waals surface area contributed by atoms with Crippen LogP contribution in [0.2, 0.25) is 5.02 Å². The van der Waals surface area contributed by atoms with Crippen molar-refractivity contribution in [3.05, 3.63) is 67.6 Å². The Balaban J connectivity index is 2.03. The van der Waals surface area contributed by atoms with Crippen LogP contribution in [0.5, 0.6) is 0 Å². The zero-order chi connectivity index (χ0) is 17.0. The van der Waals surface area contributed by atoms with E-state index >= 15 is 0 Å². The number of rotatable bonds is 3. The Hall–Kier alpha value is -2.03. The number of thiocarbonyl (C=S) groups is 1. The van der Waals surface area contributed by atoms with E-state index in [1.54, 1.807) is 24.3 Å². The quantitative estimate of drug-likeness (QED) is 0.448. The molecule has 0 aliphatic rings. The fourth-order valence-electron chi connectivity index (χ4n) is 1.65. The van der Waals surface area contributed by atoms with E-state index in [-0.39, 0.29) is 10.8 Å². The third-order valence-electron chi connectivity index (χ3n) is 2.75. The second kappa shape index (κ2) is 7.49. The van der Waals surface area contributed by atoms with Crippen molar-refractivity contribution in [1.29, 1.82) is 0 Å². The second-order valence-corrected chi connectivity index (χ2v) is 6.04. The molecule has 0 saturated carbocycles. The van der Waals surface area contributed by atoms with E-state index in [0.29, 0.717) is 20.7 Å². The molecule has 0 spiro atoms. The lowest BCUT2D eigenvalue weighted by atomic mass is 10.2. The van der Waals surface area contributed by atoms with Crippen LogP contribution in [-0.2, 0) is 0 Å². The van der Waals surface area contributed by atoms with Gasteiger partial charge in [-0.3, -0.25) is 20.2 Å². The highest BCUT2D eigenvalue weighted by Gasteiger charge is 2.12. The first kappa shape index (κ1) is 17.3. The molecule has 0 unspecified atom stereocenters. The molecule has 0 fully saturated rings. The maximum Gasteiger partial charge on any atom is 0.270 e. The molecule has 0 aliphatic heterocycles. The first-order valence-corrected chi connectivity index (χ1v) is 7.76. The largest absolute Gasteiger partial charge is 0.331 e. The van der Waals surface area contributed by atoms with Gasteiger partial charge < -0.3 is 5.32 Å². The minimum atomic E-state index is -0.505. The maximum absolute atomic E-state index is 12.0. The summed E-state index contributed by atoms with van der Waals surface area (Å²) in [5, 5.41) is 16.6. The molecule has 23 heavy (non-hydrogen) atoms. The van der Waals surface area contributed by atoms with Crippen molar-refractivity contribution in [3.63, 3.8) is 0 Å². The summed E-state index contributed by atoms with van der Waals surface area (Å²) < 4.78 is 0.454. The average Bonchev–Trinajstić information content (AvgIpc) is 2.49. The Labute approximate surface area is 150 Å². The number of benzene rings is 2. The molecular formula is C14H9BrClN3O3S. The van der Waals surface area contributed by atoms with Crippen molar-refractivity contribution in [3.8, 4) is 0 Å². The van der Waals surface area contributed by atoms with Crippen LogP contribution in [0.3, 0.4) is 0 Å². The Morgan fingerprint density at radius 1 is 1.22 bits per heavy atom. The van der Waals surface area contributed by atoms with Crippen LogP contribution in [0, 0.1) is 10.1 Å². The predicted molar refractivity (Wildman–Crippen MR) is 95.9 cm³/mol. The molecule has 0 saturated heterocycles. The molecule has 2 aromatic rings. The number of nitrogens with one attached hydrogen (secondary N) is 2. The molecule has 0 heterocycles. The van der Waals surface area contributed by atoms with Crippen LogP contribution >= 0.6 is 39.7 Å². The van der Waals surface area contributed by atoms with Crippen LogP contribution in [0.1, 0.15) is 10.4 Å². The summed E-state index contributed by atoms with van der Waals surface area (Å²) in [6.45, 7) is 0. The highest BCUT2D eigenvalue weighted by molar-refractivity contribution is 9.10. The number of hydrogen-bond donors (Lipinski definition) is 2. The number of nitrogens with zero attached hydrogens (tertiary/aromatic N) is 1. The van der Waals surface area contributed by atoms with Crippen LogP contribution in [0.4, 0.5) is 11.4 Å². The summed E-state index contributed by atoms with van der Waals surface area (Å²) in [7, 11) is 0. The lowest BCUT2D eigenvalue weighted by Gasteiger charge is -2.11. The number of carbonyl (C=O) groups excluding carboxylic acids is 1.